The third kappa shape index (κ3) is 7.47. The monoisotopic (exact) mass is 418 g/mol. The number of nitrogens with zero attached hydrogens (tertiary/aromatic N) is 1. The maximum Gasteiger partial charge on any atom is 0.422 e. The van der Waals surface area contributed by atoms with Crippen molar-refractivity contribution in [2.75, 3.05) is 6.61 Å². The van der Waals surface area contributed by atoms with Crippen LogP contribution in [0.3, 0.4) is 0 Å². The van der Waals surface area contributed by atoms with Crippen molar-refractivity contribution in [2.45, 2.75) is 25.3 Å². The summed E-state index contributed by atoms with van der Waals surface area (Å²) < 4.78 is 78.4. The highest BCUT2D eigenvalue weighted by Crippen LogP contribution is 2.29. The normalized spacial score (nSPS) is 13.3. The first-order valence-electron chi connectivity index (χ1n) is 8.25. The molecule has 1 heterocycles. The fourth-order valence-electron chi connectivity index (χ4n) is 2.19. The van der Waals surface area contributed by atoms with Gasteiger partial charge in [-0.3, -0.25) is 9.78 Å². The zero-order valence-corrected chi connectivity index (χ0v) is 15.0. The third-order valence-corrected chi connectivity index (χ3v) is 3.63. The molecule has 10 heteroatoms. The van der Waals surface area contributed by atoms with Crippen molar-refractivity contribution in [1.82, 2.24) is 10.3 Å². The van der Waals surface area contributed by atoms with E-state index in [1.165, 1.54) is 30.3 Å². The van der Waals surface area contributed by atoms with Crippen LogP contribution in [0.15, 0.2) is 48.7 Å². The summed E-state index contributed by atoms with van der Waals surface area (Å²) in [6.07, 6.45) is -5.28. The molecule has 0 aliphatic rings. The van der Waals surface area contributed by atoms with Crippen LogP contribution in [0.25, 0.3) is 6.08 Å². The fourth-order valence-corrected chi connectivity index (χ4v) is 2.19. The van der Waals surface area contributed by atoms with E-state index in [4.69, 9.17) is 0 Å². The fraction of sp³-hybridized carbons (Fsp3) is 0.263. The van der Waals surface area contributed by atoms with Gasteiger partial charge in [-0.15, -0.1) is 0 Å². The molecule has 1 aromatic heterocycles. The lowest BCUT2D eigenvalue weighted by Gasteiger charge is -2.13. The summed E-state index contributed by atoms with van der Waals surface area (Å²) in [4.78, 5) is 15.9. The van der Waals surface area contributed by atoms with Crippen LogP contribution >= 0.6 is 0 Å². The number of alkyl halides is 6. The van der Waals surface area contributed by atoms with E-state index in [-0.39, 0.29) is 5.75 Å². The zero-order valence-electron chi connectivity index (χ0n) is 15.0. The maximum absolute atomic E-state index is 12.5. The number of rotatable bonds is 6. The first kappa shape index (κ1) is 22.3. The van der Waals surface area contributed by atoms with Gasteiger partial charge in [0.25, 0.3) is 0 Å². The van der Waals surface area contributed by atoms with Crippen molar-refractivity contribution in [3.63, 3.8) is 0 Å². The van der Waals surface area contributed by atoms with Crippen LogP contribution in [-0.2, 0) is 11.0 Å². The summed E-state index contributed by atoms with van der Waals surface area (Å²) in [6.45, 7) is 0.178. The van der Waals surface area contributed by atoms with Gasteiger partial charge < -0.3 is 10.1 Å². The molecule has 156 valence electrons. The molecular weight excluding hydrogens is 402 g/mol. The number of amides is 1. The molecule has 1 N–H and O–H groups in total. The Morgan fingerprint density at radius 2 is 1.76 bits per heavy atom. The Bertz CT molecular complexity index is 843. The highest BCUT2D eigenvalue weighted by atomic mass is 19.4. The Morgan fingerprint density at radius 3 is 2.28 bits per heavy atom. The molecule has 1 amide bonds. The summed E-state index contributed by atoms with van der Waals surface area (Å²) in [5.74, 6) is -0.580. The number of hydrogen-bond donors (Lipinski definition) is 1. The molecule has 4 nitrogen and oxygen atoms in total. The van der Waals surface area contributed by atoms with Crippen LogP contribution in [0.4, 0.5) is 26.3 Å². The Balaban J connectivity index is 1.90. The van der Waals surface area contributed by atoms with Gasteiger partial charge >= 0.3 is 12.4 Å². The van der Waals surface area contributed by atoms with Crippen molar-refractivity contribution < 1.29 is 35.9 Å². The van der Waals surface area contributed by atoms with E-state index in [0.717, 1.165) is 24.4 Å². The van der Waals surface area contributed by atoms with Crippen LogP contribution in [0, 0.1) is 0 Å². The molecule has 1 atom stereocenters. The second kappa shape index (κ2) is 8.97. The third-order valence-electron chi connectivity index (χ3n) is 3.63. The van der Waals surface area contributed by atoms with Gasteiger partial charge in [-0.2, -0.15) is 26.3 Å². The molecule has 0 bridgehead atoms. The van der Waals surface area contributed by atoms with Gasteiger partial charge in [0.1, 0.15) is 5.75 Å². The smallest absolute Gasteiger partial charge is 0.422 e. The number of carbonyl (C=O) groups is 1. The number of carbonyl (C=O) groups excluding carboxylic acids is 1. The molecule has 0 fully saturated rings. The number of ether oxygens (including phenoxy) is 1. The number of nitrogens with one attached hydrogen (secondary N) is 1. The lowest BCUT2D eigenvalue weighted by atomic mass is 10.1. The van der Waals surface area contributed by atoms with E-state index in [2.05, 4.69) is 15.0 Å². The summed E-state index contributed by atoms with van der Waals surface area (Å²) in [7, 11) is 0. The van der Waals surface area contributed by atoms with Crippen molar-refractivity contribution in [3.05, 3.63) is 65.5 Å². The lowest BCUT2D eigenvalue weighted by Crippen LogP contribution is -2.25. The van der Waals surface area contributed by atoms with E-state index < -0.39 is 36.5 Å². The SMILES string of the molecule is CC(NC(=O)/C=C/c1ccc(C(F)(F)F)cc1)c1ccc(OCC(F)(F)F)cn1. The van der Waals surface area contributed by atoms with Gasteiger partial charge in [-0.25, -0.2) is 0 Å². The molecule has 1 aromatic carbocycles. The van der Waals surface area contributed by atoms with Crippen LogP contribution in [-0.4, -0.2) is 23.7 Å². The molecule has 0 aliphatic heterocycles. The van der Waals surface area contributed by atoms with E-state index in [0.29, 0.717) is 11.3 Å². The first-order valence-corrected chi connectivity index (χ1v) is 8.25. The van der Waals surface area contributed by atoms with Gasteiger partial charge in [0, 0.05) is 6.08 Å². The lowest BCUT2D eigenvalue weighted by molar-refractivity contribution is -0.153. The van der Waals surface area contributed by atoms with Crippen molar-refractivity contribution in [2.24, 2.45) is 0 Å². The summed E-state index contributed by atoms with van der Waals surface area (Å²) >= 11 is 0. The minimum absolute atomic E-state index is 0.0631. The van der Waals surface area contributed by atoms with Gasteiger partial charge in [0.05, 0.1) is 23.5 Å². The number of hydrogen-bond acceptors (Lipinski definition) is 3. The van der Waals surface area contributed by atoms with E-state index in [1.807, 2.05) is 0 Å². The molecule has 0 spiro atoms. The number of aromatic nitrogens is 1. The van der Waals surface area contributed by atoms with Crippen LogP contribution in [0.2, 0.25) is 0 Å². The molecule has 2 aromatic rings. The van der Waals surface area contributed by atoms with E-state index in [9.17, 15) is 31.1 Å². The molecule has 0 radical (unpaired) electrons. The molecular formula is C19H16F6N2O2. The van der Waals surface area contributed by atoms with Crippen molar-refractivity contribution >= 4 is 12.0 Å². The first-order chi connectivity index (χ1) is 13.4. The Kier molecular flexibility index (Phi) is 6.89. The Hall–Kier alpha value is -3.04. The van der Waals surface area contributed by atoms with Crippen molar-refractivity contribution in [3.8, 4) is 5.75 Å². The zero-order chi connectivity index (χ0) is 21.7. The molecule has 0 saturated carbocycles. The predicted molar refractivity (Wildman–Crippen MR) is 92.8 cm³/mol. The quantitative estimate of drug-likeness (QED) is 0.535. The standard InChI is InChI=1S/C19H16F6N2O2/c1-12(16-8-7-15(10-26-16)29-11-18(20,21)22)27-17(28)9-4-13-2-5-14(6-3-13)19(23,24)25/h2-10,12H,11H2,1H3,(H,27,28)/b9-4+. The Morgan fingerprint density at radius 1 is 1.10 bits per heavy atom. The topological polar surface area (TPSA) is 51.2 Å². The van der Waals surface area contributed by atoms with Gasteiger partial charge in [0.2, 0.25) is 5.91 Å². The highest BCUT2D eigenvalue weighted by molar-refractivity contribution is 5.91. The second-order valence-electron chi connectivity index (χ2n) is 6.01. The van der Waals surface area contributed by atoms with Crippen LogP contribution in [0.1, 0.15) is 29.8 Å². The average molecular weight is 418 g/mol. The van der Waals surface area contributed by atoms with Gasteiger partial charge in [0.15, 0.2) is 6.61 Å². The molecule has 0 aliphatic carbocycles. The highest BCUT2D eigenvalue weighted by Gasteiger charge is 2.30. The molecule has 1 unspecified atom stereocenters. The largest absolute Gasteiger partial charge is 0.483 e. The van der Waals surface area contributed by atoms with Crippen LogP contribution in [0.5, 0.6) is 5.75 Å². The van der Waals surface area contributed by atoms with Gasteiger partial charge in [-0.05, 0) is 42.8 Å². The number of pyridine rings is 1. The van der Waals surface area contributed by atoms with Gasteiger partial charge in [-0.1, -0.05) is 12.1 Å². The number of benzene rings is 1. The maximum atomic E-state index is 12.5. The predicted octanol–water partition coefficient (Wildman–Crippen LogP) is 4.93. The minimum atomic E-state index is -4.46. The second-order valence-corrected chi connectivity index (χ2v) is 6.01. The van der Waals surface area contributed by atoms with Crippen molar-refractivity contribution in [1.29, 1.82) is 0 Å². The summed E-state index contributed by atoms with van der Waals surface area (Å²) in [5, 5.41) is 2.59. The van der Waals surface area contributed by atoms with E-state index in [1.54, 1.807) is 6.92 Å². The molecule has 29 heavy (non-hydrogen) atoms. The summed E-state index contributed by atoms with van der Waals surface area (Å²) in [6, 6.07) is 6.44. The molecule has 2 rings (SSSR count). The summed E-state index contributed by atoms with van der Waals surface area (Å²) in [5.41, 5.74) is 0.00666. The van der Waals surface area contributed by atoms with E-state index >= 15 is 0 Å². The van der Waals surface area contributed by atoms with Crippen LogP contribution < -0.4 is 10.1 Å². The molecule has 0 saturated heterocycles. The minimum Gasteiger partial charge on any atom is -0.483 e. The average Bonchev–Trinajstić information content (AvgIpc) is 2.64. The number of halogens is 6. The Labute approximate surface area is 162 Å².